The molecule has 1 saturated carbocycles. The summed E-state index contributed by atoms with van der Waals surface area (Å²) in [5.74, 6) is -0.256. The van der Waals surface area contributed by atoms with Crippen LogP contribution < -0.4 is 5.32 Å². The first-order chi connectivity index (χ1) is 17.0. The minimum Gasteiger partial charge on any atom is -0.392 e. The monoisotopic (exact) mass is 480 g/mol. The molecule has 4 atom stereocenters. The topological polar surface area (TPSA) is 99.5 Å². The number of ketones is 1. The lowest BCUT2D eigenvalue weighted by atomic mass is 9.88. The van der Waals surface area contributed by atoms with Crippen LogP contribution in [0.5, 0.6) is 0 Å². The minimum atomic E-state index is -0.652. The summed E-state index contributed by atoms with van der Waals surface area (Å²) in [6.07, 6.45) is 13.1. The number of anilines is 1. The van der Waals surface area contributed by atoms with E-state index >= 15 is 0 Å². The zero-order chi connectivity index (χ0) is 25.0. The van der Waals surface area contributed by atoms with Crippen LogP contribution in [-0.4, -0.2) is 39.1 Å². The minimum absolute atomic E-state index is 0.00271. The number of nitrogens with zero attached hydrogens (tertiary/aromatic N) is 1. The van der Waals surface area contributed by atoms with Crippen LogP contribution in [0.4, 0.5) is 5.69 Å². The number of aliphatic hydroxyl groups excluding tert-OH is 2. The lowest BCUT2D eigenvalue weighted by Crippen LogP contribution is -2.19. The number of carbonyl (C=O) groups excluding carboxylic acids is 2. The molecule has 0 aliphatic heterocycles. The molecule has 1 aromatic heterocycles. The third-order valence-electron chi connectivity index (χ3n) is 6.95. The number of hydrogen-bond donors (Lipinski definition) is 3. The number of unbranched alkanes of at least 4 members (excludes halogenated alkanes) is 5. The Balaban J connectivity index is 1.34. The summed E-state index contributed by atoms with van der Waals surface area (Å²) in [7, 11) is 0. The van der Waals surface area contributed by atoms with Crippen LogP contribution in [0, 0.1) is 11.8 Å². The van der Waals surface area contributed by atoms with E-state index in [0.29, 0.717) is 6.42 Å². The van der Waals surface area contributed by atoms with Crippen molar-refractivity contribution in [3.05, 3.63) is 48.7 Å². The number of Topliss-reactive ketones (excluding diaryl/α,β-unsaturated/α-hetero) is 1. The molecule has 35 heavy (non-hydrogen) atoms. The molecule has 1 amide bonds. The van der Waals surface area contributed by atoms with E-state index in [1.807, 2.05) is 36.4 Å². The normalized spacial score (nSPS) is 21.1. The molecule has 0 spiro atoms. The van der Waals surface area contributed by atoms with Crippen molar-refractivity contribution >= 4 is 28.3 Å². The Morgan fingerprint density at radius 2 is 2.00 bits per heavy atom. The Labute approximate surface area is 208 Å². The molecule has 2 aromatic rings. The number of hydrogen-bond acceptors (Lipinski definition) is 5. The molecule has 1 fully saturated rings. The van der Waals surface area contributed by atoms with Gasteiger partial charge in [-0.3, -0.25) is 14.6 Å². The van der Waals surface area contributed by atoms with Crippen molar-refractivity contribution in [2.75, 3.05) is 5.32 Å². The van der Waals surface area contributed by atoms with Gasteiger partial charge in [0.15, 0.2) is 0 Å². The van der Waals surface area contributed by atoms with Crippen LogP contribution in [-0.2, 0) is 9.59 Å². The van der Waals surface area contributed by atoms with E-state index in [0.717, 1.165) is 74.4 Å². The van der Waals surface area contributed by atoms with Crippen molar-refractivity contribution in [2.45, 2.75) is 89.8 Å². The molecule has 1 heterocycles. The van der Waals surface area contributed by atoms with Crippen LogP contribution in [0.1, 0.15) is 77.6 Å². The first kappa shape index (κ1) is 27.0. The maximum absolute atomic E-state index is 12.4. The number of pyridine rings is 1. The van der Waals surface area contributed by atoms with Gasteiger partial charge in [0.05, 0.1) is 17.7 Å². The summed E-state index contributed by atoms with van der Waals surface area (Å²) in [6, 6.07) is 9.61. The summed E-state index contributed by atoms with van der Waals surface area (Å²) < 4.78 is 0. The summed E-state index contributed by atoms with van der Waals surface area (Å²) in [6.45, 7) is 2.13. The Bertz CT molecular complexity index is 990. The Hall–Kier alpha value is -2.57. The molecule has 3 rings (SSSR count). The Morgan fingerprint density at radius 3 is 2.83 bits per heavy atom. The Kier molecular flexibility index (Phi) is 10.9. The second-order valence-corrected chi connectivity index (χ2v) is 9.78. The number of fused-ring (bicyclic) bond motifs is 1. The predicted octanol–water partition coefficient (Wildman–Crippen LogP) is 5.58. The predicted molar refractivity (Wildman–Crippen MR) is 140 cm³/mol. The van der Waals surface area contributed by atoms with Crippen molar-refractivity contribution in [3.8, 4) is 0 Å². The highest BCUT2D eigenvalue weighted by Crippen LogP contribution is 2.34. The summed E-state index contributed by atoms with van der Waals surface area (Å²) in [5.41, 5.74) is 1.62. The first-order valence-corrected chi connectivity index (χ1v) is 13.2. The second kappa shape index (κ2) is 14.1. The fraction of sp³-hybridized carbons (Fsp3) is 0.552. The van der Waals surface area contributed by atoms with Gasteiger partial charge in [0, 0.05) is 41.9 Å². The zero-order valence-electron chi connectivity index (χ0n) is 20.9. The van der Waals surface area contributed by atoms with E-state index < -0.39 is 12.2 Å². The number of rotatable bonds is 14. The van der Waals surface area contributed by atoms with Gasteiger partial charge in [-0.15, -0.1) is 0 Å². The SMILES string of the molecule is CCCCCC(O)/C=C/[C@H]1[C@H](O)CC(=O)[C@@H]1CCCCCCC(=O)Nc1ccc2cccnc2c1. The third-order valence-corrected chi connectivity index (χ3v) is 6.95. The van der Waals surface area contributed by atoms with Crippen LogP contribution in [0.25, 0.3) is 10.9 Å². The molecule has 0 radical (unpaired) electrons. The highest BCUT2D eigenvalue weighted by atomic mass is 16.3. The van der Waals surface area contributed by atoms with Crippen molar-refractivity contribution < 1.29 is 19.8 Å². The lowest BCUT2D eigenvalue weighted by molar-refractivity contribution is -0.121. The lowest BCUT2D eigenvalue weighted by Gasteiger charge is -2.18. The van der Waals surface area contributed by atoms with Gasteiger partial charge in [0.25, 0.3) is 0 Å². The quantitative estimate of drug-likeness (QED) is 0.242. The molecule has 0 saturated heterocycles. The van der Waals surface area contributed by atoms with E-state index in [9.17, 15) is 19.8 Å². The average molecular weight is 481 g/mol. The highest BCUT2D eigenvalue weighted by molar-refractivity contribution is 5.93. The van der Waals surface area contributed by atoms with Gasteiger partial charge < -0.3 is 15.5 Å². The molecule has 6 heteroatoms. The van der Waals surface area contributed by atoms with Crippen LogP contribution in [0.15, 0.2) is 48.7 Å². The number of nitrogens with one attached hydrogen (secondary N) is 1. The maximum Gasteiger partial charge on any atom is 0.224 e. The molecule has 1 aliphatic carbocycles. The number of carbonyl (C=O) groups is 2. The third kappa shape index (κ3) is 8.55. The average Bonchev–Trinajstić information content (AvgIpc) is 3.11. The zero-order valence-corrected chi connectivity index (χ0v) is 20.9. The molecule has 0 bridgehead atoms. The van der Waals surface area contributed by atoms with E-state index in [1.165, 1.54) is 0 Å². The number of aliphatic hydroxyl groups is 2. The fourth-order valence-electron chi connectivity index (χ4n) is 4.92. The maximum atomic E-state index is 12.4. The standard InChI is InChI=1S/C29H40N2O4/c1-2-3-6-11-23(32)16-17-25-24(27(33)20-28(25)34)12-7-4-5-8-13-29(35)31-22-15-14-21-10-9-18-30-26(21)19-22/h9-10,14-19,23-25,28,32,34H,2-8,11-13,20H2,1H3,(H,31,35)/b17-16+/t23?,24-,25-,28-/m1/s1. The summed E-state index contributed by atoms with van der Waals surface area (Å²) in [5, 5.41) is 24.5. The number of aromatic nitrogens is 1. The Morgan fingerprint density at radius 1 is 1.17 bits per heavy atom. The van der Waals surface area contributed by atoms with Gasteiger partial charge in [-0.25, -0.2) is 0 Å². The van der Waals surface area contributed by atoms with Gasteiger partial charge in [-0.1, -0.05) is 69.7 Å². The molecule has 1 aromatic carbocycles. The first-order valence-electron chi connectivity index (χ1n) is 13.2. The molecule has 6 nitrogen and oxygen atoms in total. The van der Waals surface area contributed by atoms with E-state index in [-0.39, 0.29) is 29.9 Å². The summed E-state index contributed by atoms with van der Waals surface area (Å²) in [4.78, 5) is 29.0. The number of amides is 1. The fourth-order valence-corrected chi connectivity index (χ4v) is 4.92. The highest BCUT2D eigenvalue weighted by Gasteiger charge is 2.39. The largest absolute Gasteiger partial charge is 0.392 e. The van der Waals surface area contributed by atoms with Gasteiger partial charge in [0.2, 0.25) is 5.91 Å². The smallest absolute Gasteiger partial charge is 0.224 e. The summed E-state index contributed by atoms with van der Waals surface area (Å²) >= 11 is 0. The number of benzene rings is 1. The van der Waals surface area contributed by atoms with Crippen molar-refractivity contribution in [3.63, 3.8) is 0 Å². The molecular formula is C29H40N2O4. The molecule has 190 valence electrons. The van der Waals surface area contributed by atoms with Crippen molar-refractivity contribution in [1.82, 2.24) is 4.98 Å². The van der Waals surface area contributed by atoms with Crippen LogP contribution in [0.3, 0.4) is 0 Å². The molecule has 1 unspecified atom stereocenters. The van der Waals surface area contributed by atoms with Crippen LogP contribution >= 0.6 is 0 Å². The van der Waals surface area contributed by atoms with Crippen molar-refractivity contribution in [1.29, 1.82) is 0 Å². The van der Waals surface area contributed by atoms with E-state index in [1.54, 1.807) is 12.3 Å². The van der Waals surface area contributed by atoms with E-state index in [2.05, 4.69) is 17.2 Å². The van der Waals surface area contributed by atoms with Gasteiger partial charge >= 0.3 is 0 Å². The van der Waals surface area contributed by atoms with Gasteiger partial charge in [0.1, 0.15) is 5.78 Å². The van der Waals surface area contributed by atoms with Gasteiger partial charge in [-0.05, 0) is 37.5 Å². The second-order valence-electron chi connectivity index (χ2n) is 9.78. The van der Waals surface area contributed by atoms with Crippen LogP contribution in [0.2, 0.25) is 0 Å². The van der Waals surface area contributed by atoms with E-state index in [4.69, 9.17) is 0 Å². The van der Waals surface area contributed by atoms with Gasteiger partial charge in [-0.2, -0.15) is 0 Å². The van der Waals surface area contributed by atoms with Crippen molar-refractivity contribution in [2.24, 2.45) is 11.8 Å². The molecule has 1 aliphatic rings. The molecular weight excluding hydrogens is 440 g/mol. The molecule has 3 N–H and O–H groups in total.